The Morgan fingerprint density at radius 2 is 0.629 bits per heavy atom. The van der Waals surface area contributed by atoms with Gasteiger partial charge in [0, 0.05) is 0 Å². The van der Waals surface area contributed by atoms with E-state index in [1.165, 1.54) is 128 Å². The molecule has 4 nitrogen and oxygen atoms in total. The number of hydrogen-bond acceptors (Lipinski definition) is 4. The van der Waals surface area contributed by atoms with Crippen LogP contribution in [0, 0.1) is 0 Å². The minimum atomic E-state index is -2.02. The van der Waals surface area contributed by atoms with Gasteiger partial charge in [-0.25, -0.2) is 0 Å². The summed E-state index contributed by atoms with van der Waals surface area (Å²) >= 11 is -2.02. The fourth-order valence-corrected chi connectivity index (χ4v) is 6.11. The van der Waals surface area contributed by atoms with Crippen LogP contribution >= 0.6 is 0 Å². The SMILES string of the molecule is CCCCCCCCCCCCCCCCCC(=O)[O][Pb][O]C(=O)CCCCCCCCCCC. The van der Waals surface area contributed by atoms with Gasteiger partial charge in [0.1, 0.15) is 0 Å². The molecular formula is C30H58O4Pb. The van der Waals surface area contributed by atoms with Crippen molar-refractivity contribution in [2.45, 2.75) is 181 Å². The van der Waals surface area contributed by atoms with E-state index < -0.39 is 25.1 Å². The zero-order valence-electron chi connectivity index (χ0n) is 23.5. The van der Waals surface area contributed by atoms with Crippen LogP contribution in [0.5, 0.6) is 0 Å². The van der Waals surface area contributed by atoms with Gasteiger partial charge in [-0.3, -0.25) is 0 Å². The molecule has 0 amide bonds. The summed E-state index contributed by atoms with van der Waals surface area (Å²) in [6, 6.07) is 0. The molecular weight excluding hydrogens is 632 g/mol. The van der Waals surface area contributed by atoms with E-state index in [0.717, 1.165) is 25.7 Å². The van der Waals surface area contributed by atoms with Gasteiger partial charge >= 0.3 is 180 Å². The Balaban J connectivity index is 3.27. The van der Waals surface area contributed by atoms with Crippen molar-refractivity contribution in [2.75, 3.05) is 0 Å². The van der Waals surface area contributed by atoms with Crippen LogP contribution < -0.4 is 0 Å². The molecule has 0 atom stereocenters. The summed E-state index contributed by atoms with van der Waals surface area (Å²) in [6.07, 6.45) is 31.8. The average Bonchev–Trinajstić information content (AvgIpc) is 2.85. The fourth-order valence-electron chi connectivity index (χ4n) is 4.44. The average molecular weight is 690 g/mol. The monoisotopic (exact) mass is 690 g/mol. The Labute approximate surface area is 232 Å². The number of unbranched alkanes of at least 4 members (excludes halogenated alkanes) is 22. The normalized spacial score (nSPS) is 11.0. The molecule has 0 N–H and O–H groups in total. The van der Waals surface area contributed by atoms with E-state index in [1.54, 1.807) is 0 Å². The topological polar surface area (TPSA) is 52.6 Å². The first kappa shape index (κ1) is 34.9. The van der Waals surface area contributed by atoms with Crippen LogP contribution in [-0.4, -0.2) is 37.1 Å². The van der Waals surface area contributed by atoms with Crippen molar-refractivity contribution in [1.29, 1.82) is 0 Å². The van der Waals surface area contributed by atoms with Crippen molar-refractivity contribution in [2.24, 2.45) is 0 Å². The molecule has 206 valence electrons. The molecule has 0 bridgehead atoms. The summed E-state index contributed by atoms with van der Waals surface area (Å²) in [5, 5.41) is 0. The van der Waals surface area contributed by atoms with Crippen LogP contribution in [0.1, 0.15) is 181 Å². The van der Waals surface area contributed by atoms with Crippen molar-refractivity contribution in [3.05, 3.63) is 0 Å². The standard InChI is InChI=1S/C18H36O2.C12H24O2.Pb/c1-2-3-4-5-6-7-8-9-10-11-12-13-14-15-16-17-18(19)20;1-2-3-4-5-6-7-8-9-10-11-12(13)14;/h2-17H2,1H3,(H,19,20);2-11H2,1H3,(H,13,14);/q;;+2/p-2. The Kier molecular flexibility index (Phi) is 30.0. The molecule has 0 unspecified atom stereocenters. The van der Waals surface area contributed by atoms with Crippen LogP contribution in [0.2, 0.25) is 0 Å². The van der Waals surface area contributed by atoms with Gasteiger partial charge in [0.05, 0.1) is 0 Å². The van der Waals surface area contributed by atoms with E-state index in [0.29, 0.717) is 12.8 Å². The second-order valence-corrected chi connectivity index (χ2v) is 12.5. The molecule has 0 aliphatic rings. The molecule has 0 aliphatic heterocycles. The molecule has 0 aromatic carbocycles. The summed E-state index contributed by atoms with van der Waals surface area (Å²) in [5.74, 6) is -0.338. The van der Waals surface area contributed by atoms with Gasteiger partial charge in [-0.2, -0.15) is 0 Å². The zero-order valence-corrected chi connectivity index (χ0v) is 27.4. The van der Waals surface area contributed by atoms with E-state index in [4.69, 9.17) is 5.37 Å². The maximum atomic E-state index is 11.8. The van der Waals surface area contributed by atoms with Crippen LogP contribution in [-0.2, 0) is 15.0 Å². The van der Waals surface area contributed by atoms with Crippen LogP contribution in [0.4, 0.5) is 0 Å². The van der Waals surface area contributed by atoms with Gasteiger partial charge in [0.25, 0.3) is 0 Å². The summed E-state index contributed by atoms with van der Waals surface area (Å²) in [5.41, 5.74) is 0. The molecule has 0 fully saturated rings. The molecule has 0 aromatic rings. The van der Waals surface area contributed by atoms with Gasteiger partial charge in [0.2, 0.25) is 0 Å². The Morgan fingerprint density at radius 1 is 0.400 bits per heavy atom. The van der Waals surface area contributed by atoms with Gasteiger partial charge in [-0.1, -0.05) is 52.4 Å². The fraction of sp³-hybridized carbons (Fsp3) is 0.933. The predicted octanol–water partition coefficient (Wildman–Crippen LogP) is 9.79. The van der Waals surface area contributed by atoms with Crippen LogP contribution in [0.25, 0.3) is 0 Å². The summed E-state index contributed by atoms with van der Waals surface area (Å²) in [7, 11) is 0. The van der Waals surface area contributed by atoms with Gasteiger partial charge in [0.15, 0.2) is 0 Å². The minimum absolute atomic E-state index is 0.168. The van der Waals surface area contributed by atoms with Crippen molar-refractivity contribution in [1.82, 2.24) is 0 Å². The predicted molar refractivity (Wildman–Crippen MR) is 149 cm³/mol. The van der Waals surface area contributed by atoms with Crippen molar-refractivity contribution in [3.63, 3.8) is 0 Å². The molecule has 2 radical (unpaired) electrons. The first-order valence-corrected chi connectivity index (χ1v) is 18.5. The Hall–Kier alpha value is -0.138. The van der Waals surface area contributed by atoms with Crippen molar-refractivity contribution < 1.29 is 15.0 Å². The minimum Gasteiger partial charge on any atom is -0.0654 e. The Bertz CT molecular complexity index is 456. The number of carbonyl (C=O) groups excluding carboxylic acids is 2. The molecule has 0 spiro atoms. The maximum absolute atomic E-state index is 11.8. The van der Waals surface area contributed by atoms with Crippen LogP contribution in [0.3, 0.4) is 0 Å². The molecule has 0 saturated heterocycles. The van der Waals surface area contributed by atoms with Gasteiger partial charge in [-0.15, -0.1) is 0 Å². The van der Waals surface area contributed by atoms with E-state index >= 15 is 0 Å². The summed E-state index contributed by atoms with van der Waals surface area (Å²) in [4.78, 5) is 23.6. The molecule has 0 aromatic heterocycles. The smallest absolute Gasteiger partial charge is 0.0654 e. The first-order valence-electron chi connectivity index (χ1n) is 15.3. The molecule has 0 saturated carbocycles. The van der Waals surface area contributed by atoms with Crippen molar-refractivity contribution in [3.8, 4) is 0 Å². The van der Waals surface area contributed by atoms with Gasteiger partial charge < -0.3 is 0 Å². The quantitative estimate of drug-likeness (QED) is 0.0607. The first-order chi connectivity index (χ1) is 17.2. The molecule has 35 heavy (non-hydrogen) atoms. The summed E-state index contributed by atoms with van der Waals surface area (Å²) in [6.45, 7) is 4.52. The zero-order chi connectivity index (χ0) is 25.7. The van der Waals surface area contributed by atoms with E-state index in [-0.39, 0.29) is 11.9 Å². The second kappa shape index (κ2) is 30.1. The molecule has 5 heteroatoms. The van der Waals surface area contributed by atoms with Gasteiger partial charge in [-0.05, 0) is 0 Å². The van der Waals surface area contributed by atoms with E-state index in [2.05, 4.69) is 13.8 Å². The summed E-state index contributed by atoms with van der Waals surface area (Å²) < 4.78 is 10.5. The number of hydrogen-bond donors (Lipinski definition) is 0. The third kappa shape index (κ3) is 30.0. The molecule has 0 heterocycles. The van der Waals surface area contributed by atoms with E-state index in [9.17, 15) is 9.59 Å². The van der Waals surface area contributed by atoms with E-state index in [1.807, 2.05) is 0 Å². The number of carbonyl (C=O) groups is 2. The molecule has 0 aliphatic carbocycles. The molecule has 0 rings (SSSR count). The van der Waals surface area contributed by atoms with Crippen LogP contribution in [0.15, 0.2) is 0 Å². The Morgan fingerprint density at radius 3 is 0.886 bits per heavy atom. The van der Waals surface area contributed by atoms with Crippen molar-refractivity contribution >= 4 is 37.1 Å². The number of rotatable bonds is 28. The third-order valence-corrected chi connectivity index (χ3v) is 9.20. The second-order valence-electron chi connectivity index (χ2n) is 10.3. The third-order valence-electron chi connectivity index (χ3n) is 6.78.